The average Bonchev–Trinajstić information content (AvgIpc) is 2.79. The van der Waals surface area contributed by atoms with E-state index in [2.05, 4.69) is 6.58 Å². The molecule has 1 atom stereocenters. The molecule has 2 rings (SSSR count). The van der Waals surface area contributed by atoms with Crippen LogP contribution in [0.2, 0.25) is 0 Å². The van der Waals surface area contributed by atoms with Crippen LogP contribution in [-0.4, -0.2) is 25.3 Å². The number of nitrogens with zero attached hydrogens (tertiary/aromatic N) is 1. The van der Waals surface area contributed by atoms with Crippen LogP contribution in [0.4, 0.5) is 0 Å². The van der Waals surface area contributed by atoms with Crippen LogP contribution in [0.1, 0.15) is 12.8 Å². The van der Waals surface area contributed by atoms with Crippen molar-refractivity contribution in [3.63, 3.8) is 0 Å². The lowest BCUT2D eigenvalue weighted by molar-refractivity contribution is 0.433. The van der Waals surface area contributed by atoms with Gasteiger partial charge in [-0.05, 0) is 25.0 Å². The Hall–Kier alpha value is -1.13. The van der Waals surface area contributed by atoms with E-state index in [9.17, 15) is 8.42 Å². The van der Waals surface area contributed by atoms with Crippen LogP contribution in [0, 0.1) is 0 Å². The quantitative estimate of drug-likeness (QED) is 0.754. The van der Waals surface area contributed by atoms with Gasteiger partial charge in [-0.3, -0.25) is 0 Å². The third-order valence-corrected chi connectivity index (χ3v) is 4.81. The van der Waals surface area contributed by atoms with Gasteiger partial charge < -0.3 is 0 Å². The van der Waals surface area contributed by atoms with Gasteiger partial charge in [-0.2, -0.15) is 4.31 Å². The standard InChI is InChI=1S/C12H15NO2S/c1-2-11-7-6-10-13(11)16(14,15)12-8-4-3-5-9-12/h2-5,8-9,11H,1,6-7,10H2/t11-/m0/s1. The van der Waals surface area contributed by atoms with Crippen LogP contribution >= 0.6 is 0 Å². The van der Waals surface area contributed by atoms with E-state index in [1.165, 1.54) is 4.31 Å². The maximum Gasteiger partial charge on any atom is 0.243 e. The maximum atomic E-state index is 12.3. The van der Waals surface area contributed by atoms with Crippen LogP contribution in [0.3, 0.4) is 0 Å². The molecular weight excluding hydrogens is 222 g/mol. The van der Waals surface area contributed by atoms with Gasteiger partial charge in [0.1, 0.15) is 0 Å². The minimum atomic E-state index is -3.34. The molecule has 1 saturated heterocycles. The van der Waals surface area contributed by atoms with Gasteiger partial charge in [0.15, 0.2) is 0 Å². The summed E-state index contributed by atoms with van der Waals surface area (Å²) in [7, 11) is -3.34. The third-order valence-electron chi connectivity index (χ3n) is 2.87. The SMILES string of the molecule is C=C[C@H]1CCCN1S(=O)(=O)c1ccccc1. The van der Waals surface area contributed by atoms with Gasteiger partial charge in [0.2, 0.25) is 10.0 Å². The van der Waals surface area contributed by atoms with Gasteiger partial charge in [-0.1, -0.05) is 24.3 Å². The molecule has 1 heterocycles. The first-order valence-electron chi connectivity index (χ1n) is 5.35. The normalized spacial score (nSPS) is 22.1. The summed E-state index contributed by atoms with van der Waals surface area (Å²) in [5.74, 6) is 0. The first-order valence-corrected chi connectivity index (χ1v) is 6.80. The first kappa shape index (κ1) is 11.4. The summed E-state index contributed by atoms with van der Waals surface area (Å²) >= 11 is 0. The molecule has 86 valence electrons. The molecule has 0 radical (unpaired) electrons. The average molecular weight is 237 g/mol. The topological polar surface area (TPSA) is 37.4 Å². The van der Waals surface area contributed by atoms with Crippen molar-refractivity contribution in [3.8, 4) is 0 Å². The van der Waals surface area contributed by atoms with Crippen molar-refractivity contribution in [1.29, 1.82) is 0 Å². The lowest BCUT2D eigenvalue weighted by Crippen LogP contribution is -2.34. The summed E-state index contributed by atoms with van der Waals surface area (Å²) in [5, 5.41) is 0. The molecule has 0 unspecified atom stereocenters. The molecule has 0 saturated carbocycles. The van der Waals surface area contributed by atoms with Crippen molar-refractivity contribution in [3.05, 3.63) is 43.0 Å². The molecule has 16 heavy (non-hydrogen) atoms. The lowest BCUT2D eigenvalue weighted by Gasteiger charge is -2.21. The Labute approximate surface area is 96.4 Å². The minimum Gasteiger partial charge on any atom is -0.207 e. The van der Waals surface area contributed by atoms with Gasteiger partial charge >= 0.3 is 0 Å². The second kappa shape index (κ2) is 4.39. The highest BCUT2D eigenvalue weighted by Crippen LogP contribution is 2.26. The molecule has 1 aromatic carbocycles. The van der Waals surface area contributed by atoms with E-state index < -0.39 is 10.0 Å². The minimum absolute atomic E-state index is 0.0507. The first-order chi connectivity index (χ1) is 7.66. The second-order valence-corrected chi connectivity index (χ2v) is 5.76. The zero-order chi connectivity index (χ0) is 11.6. The number of hydrogen-bond donors (Lipinski definition) is 0. The zero-order valence-electron chi connectivity index (χ0n) is 9.04. The van der Waals surface area contributed by atoms with Crippen LogP contribution in [0.5, 0.6) is 0 Å². The number of sulfonamides is 1. The Kier molecular flexibility index (Phi) is 3.12. The molecule has 0 aliphatic carbocycles. The van der Waals surface area contributed by atoms with E-state index >= 15 is 0 Å². The maximum absolute atomic E-state index is 12.3. The van der Waals surface area contributed by atoms with Gasteiger partial charge in [0.25, 0.3) is 0 Å². The highest BCUT2D eigenvalue weighted by molar-refractivity contribution is 7.89. The van der Waals surface area contributed by atoms with E-state index in [4.69, 9.17) is 0 Å². The highest BCUT2D eigenvalue weighted by Gasteiger charge is 2.33. The molecule has 1 aliphatic heterocycles. The van der Waals surface area contributed by atoms with Crippen LogP contribution in [0.15, 0.2) is 47.9 Å². The Balaban J connectivity index is 2.36. The molecule has 3 nitrogen and oxygen atoms in total. The van der Waals surface area contributed by atoms with Crippen molar-refractivity contribution in [2.75, 3.05) is 6.54 Å². The van der Waals surface area contributed by atoms with E-state index in [0.29, 0.717) is 11.4 Å². The fourth-order valence-electron chi connectivity index (χ4n) is 2.03. The van der Waals surface area contributed by atoms with E-state index in [1.807, 2.05) is 6.07 Å². The van der Waals surface area contributed by atoms with Gasteiger partial charge in [-0.25, -0.2) is 8.42 Å². The van der Waals surface area contributed by atoms with Crippen molar-refractivity contribution < 1.29 is 8.42 Å². The smallest absolute Gasteiger partial charge is 0.207 e. The van der Waals surface area contributed by atoms with E-state index in [0.717, 1.165) is 12.8 Å². The van der Waals surface area contributed by atoms with E-state index in [-0.39, 0.29) is 6.04 Å². The van der Waals surface area contributed by atoms with Crippen molar-refractivity contribution >= 4 is 10.0 Å². The summed E-state index contributed by atoms with van der Waals surface area (Å²) in [6.45, 7) is 4.29. The molecule has 1 fully saturated rings. The van der Waals surface area contributed by atoms with E-state index in [1.54, 1.807) is 30.3 Å². The predicted octanol–water partition coefficient (Wildman–Crippen LogP) is 2.03. The number of hydrogen-bond acceptors (Lipinski definition) is 2. The van der Waals surface area contributed by atoms with Crippen molar-refractivity contribution in [1.82, 2.24) is 4.31 Å². The van der Waals surface area contributed by atoms with Crippen molar-refractivity contribution in [2.45, 2.75) is 23.8 Å². The Bertz CT molecular complexity index is 467. The van der Waals surface area contributed by atoms with Gasteiger partial charge in [0.05, 0.1) is 4.90 Å². The fourth-order valence-corrected chi connectivity index (χ4v) is 3.72. The molecule has 0 N–H and O–H groups in total. The monoisotopic (exact) mass is 237 g/mol. The van der Waals surface area contributed by atoms with Crippen LogP contribution in [-0.2, 0) is 10.0 Å². The molecule has 1 aliphatic rings. The van der Waals surface area contributed by atoms with Gasteiger partial charge in [0, 0.05) is 12.6 Å². The summed E-state index contributed by atoms with van der Waals surface area (Å²) in [6.07, 6.45) is 3.49. The molecule has 0 aromatic heterocycles. The second-order valence-electron chi connectivity index (χ2n) is 3.87. The van der Waals surface area contributed by atoms with Crippen LogP contribution in [0.25, 0.3) is 0 Å². The molecule has 4 heteroatoms. The molecule has 0 spiro atoms. The Morgan fingerprint density at radius 1 is 1.31 bits per heavy atom. The number of benzene rings is 1. The van der Waals surface area contributed by atoms with Crippen molar-refractivity contribution in [2.24, 2.45) is 0 Å². The molecular formula is C12H15NO2S. The third kappa shape index (κ3) is 1.90. The van der Waals surface area contributed by atoms with Gasteiger partial charge in [-0.15, -0.1) is 6.58 Å². The summed E-state index contributed by atoms with van der Waals surface area (Å²) in [5.41, 5.74) is 0. The highest BCUT2D eigenvalue weighted by atomic mass is 32.2. The predicted molar refractivity (Wildman–Crippen MR) is 63.6 cm³/mol. The Morgan fingerprint density at radius 3 is 2.62 bits per heavy atom. The molecule has 0 bridgehead atoms. The molecule has 0 amide bonds. The molecule has 1 aromatic rings. The number of rotatable bonds is 3. The zero-order valence-corrected chi connectivity index (χ0v) is 9.86. The Morgan fingerprint density at radius 2 is 2.00 bits per heavy atom. The summed E-state index contributed by atoms with van der Waals surface area (Å²) < 4.78 is 26.1. The fraction of sp³-hybridized carbons (Fsp3) is 0.333. The lowest BCUT2D eigenvalue weighted by atomic mass is 10.2. The summed E-state index contributed by atoms with van der Waals surface area (Å²) in [6, 6.07) is 8.51. The largest absolute Gasteiger partial charge is 0.243 e. The van der Waals surface area contributed by atoms with Crippen LogP contribution < -0.4 is 0 Å². The summed E-state index contributed by atoms with van der Waals surface area (Å²) in [4.78, 5) is 0.365.